The normalized spacial score (nSPS) is 15.5. The first-order valence-corrected chi connectivity index (χ1v) is 7.60. The lowest BCUT2D eigenvalue weighted by molar-refractivity contribution is 0.547. The van der Waals surface area contributed by atoms with Crippen LogP contribution in [0.25, 0.3) is 15.9 Å². The monoisotopic (exact) mass is 299 g/mol. The van der Waals surface area contributed by atoms with Gasteiger partial charge in [0.15, 0.2) is 12.2 Å². The predicted octanol–water partition coefficient (Wildman–Crippen LogP) is 2.81. The molecule has 0 saturated carbocycles. The van der Waals surface area contributed by atoms with Crippen molar-refractivity contribution >= 4 is 33.5 Å². The Kier molecular flexibility index (Phi) is 2.92. The number of oxazole rings is 1. The zero-order valence-electron chi connectivity index (χ0n) is 11.4. The van der Waals surface area contributed by atoms with Crippen LogP contribution in [-0.2, 0) is 0 Å². The maximum absolute atomic E-state index is 5.39. The largest absolute Gasteiger partial charge is 0.443 e. The SMILES string of the molecule is Cc1c[nH]c2ncnc(N3C=C(c4cnco4)SCC3)c12. The average molecular weight is 299 g/mol. The highest BCUT2D eigenvalue weighted by Crippen LogP contribution is 2.34. The molecule has 3 aromatic heterocycles. The van der Waals surface area contributed by atoms with E-state index in [1.165, 1.54) is 6.39 Å². The predicted molar refractivity (Wildman–Crippen MR) is 82.9 cm³/mol. The Balaban J connectivity index is 1.81. The fourth-order valence-corrected chi connectivity index (χ4v) is 3.40. The van der Waals surface area contributed by atoms with Crippen LogP contribution in [0, 0.1) is 6.92 Å². The zero-order valence-corrected chi connectivity index (χ0v) is 12.2. The Hall–Kier alpha value is -2.28. The summed E-state index contributed by atoms with van der Waals surface area (Å²) >= 11 is 1.77. The van der Waals surface area contributed by atoms with Crippen molar-refractivity contribution in [3.8, 4) is 0 Å². The van der Waals surface area contributed by atoms with Gasteiger partial charge in [0.1, 0.15) is 17.8 Å². The van der Waals surface area contributed by atoms with Gasteiger partial charge in [-0.3, -0.25) is 0 Å². The Morgan fingerprint density at radius 3 is 3.19 bits per heavy atom. The molecule has 1 N–H and O–H groups in total. The van der Waals surface area contributed by atoms with Crippen molar-refractivity contribution in [3.05, 3.63) is 42.6 Å². The number of fused-ring (bicyclic) bond motifs is 1. The lowest BCUT2D eigenvalue weighted by Crippen LogP contribution is -2.24. The van der Waals surface area contributed by atoms with Crippen LogP contribution in [-0.4, -0.2) is 32.2 Å². The van der Waals surface area contributed by atoms with Crippen LogP contribution in [0.5, 0.6) is 0 Å². The number of anilines is 1. The minimum absolute atomic E-state index is 0.792. The van der Waals surface area contributed by atoms with Crippen LogP contribution in [0.15, 0.2) is 35.7 Å². The van der Waals surface area contributed by atoms with Gasteiger partial charge in [-0.25, -0.2) is 15.0 Å². The summed E-state index contributed by atoms with van der Waals surface area (Å²) in [5.41, 5.74) is 2.01. The summed E-state index contributed by atoms with van der Waals surface area (Å²) in [5.74, 6) is 2.69. The summed E-state index contributed by atoms with van der Waals surface area (Å²) < 4.78 is 5.39. The molecule has 0 fully saturated rings. The Morgan fingerprint density at radius 1 is 1.38 bits per heavy atom. The number of hydrogen-bond acceptors (Lipinski definition) is 6. The molecule has 106 valence electrons. The summed E-state index contributed by atoms with van der Waals surface area (Å²) in [6, 6.07) is 0. The van der Waals surface area contributed by atoms with E-state index in [-0.39, 0.29) is 0 Å². The maximum Gasteiger partial charge on any atom is 0.181 e. The third-order valence-electron chi connectivity index (χ3n) is 3.46. The molecule has 7 heteroatoms. The van der Waals surface area contributed by atoms with Crippen molar-refractivity contribution in [1.29, 1.82) is 0 Å². The molecule has 1 aliphatic heterocycles. The van der Waals surface area contributed by atoms with Gasteiger partial charge in [0, 0.05) is 24.7 Å². The van der Waals surface area contributed by atoms with Crippen molar-refractivity contribution < 1.29 is 4.42 Å². The minimum Gasteiger partial charge on any atom is -0.443 e. The lowest BCUT2D eigenvalue weighted by Gasteiger charge is -2.25. The number of hydrogen-bond donors (Lipinski definition) is 1. The van der Waals surface area contributed by atoms with Gasteiger partial charge in [-0.1, -0.05) is 0 Å². The summed E-state index contributed by atoms with van der Waals surface area (Å²) in [5, 5.41) is 1.07. The molecule has 0 atom stereocenters. The van der Waals surface area contributed by atoms with Gasteiger partial charge in [0.05, 0.1) is 16.5 Å². The molecule has 3 aromatic rings. The van der Waals surface area contributed by atoms with Gasteiger partial charge < -0.3 is 14.3 Å². The van der Waals surface area contributed by atoms with E-state index in [1.54, 1.807) is 24.3 Å². The second-order valence-corrected chi connectivity index (χ2v) is 5.93. The van der Waals surface area contributed by atoms with Gasteiger partial charge in [0.25, 0.3) is 0 Å². The summed E-state index contributed by atoms with van der Waals surface area (Å²) in [7, 11) is 0. The van der Waals surface area contributed by atoms with Gasteiger partial charge in [-0.05, 0) is 12.5 Å². The van der Waals surface area contributed by atoms with Gasteiger partial charge >= 0.3 is 0 Å². The Morgan fingerprint density at radius 2 is 2.33 bits per heavy atom. The number of nitrogens with zero attached hydrogens (tertiary/aromatic N) is 4. The second kappa shape index (κ2) is 4.92. The summed E-state index contributed by atoms with van der Waals surface area (Å²) in [6.07, 6.45) is 8.82. The lowest BCUT2D eigenvalue weighted by atomic mass is 10.2. The average Bonchev–Trinajstić information content (AvgIpc) is 3.18. The van der Waals surface area contributed by atoms with Crippen molar-refractivity contribution in [2.45, 2.75) is 6.92 Å². The molecule has 0 unspecified atom stereocenters. The number of aryl methyl sites for hydroxylation is 1. The summed E-state index contributed by atoms with van der Waals surface area (Å²) in [6.45, 7) is 2.96. The number of aromatic amines is 1. The number of aromatic nitrogens is 4. The Labute approximate surface area is 125 Å². The van der Waals surface area contributed by atoms with E-state index in [2.05, 4.69) is 38.0 Å². The zero-order chi connectivity index (χ0) is 14.2. The number of nitrogens with one attached hydrogen (secondary N) is 1. The standard InChI is InChI=1S/C14H13N5OS/c1-9-4-16-13-12(9)14(18-7-17-13)19-2-3-21-11(6-19)10-5-15-8-20-10/h4-8H,2-3H2,1H3,(H,16,17,18). The molecule has 6 nitrogen and oxygen atoms in total. The van der Waals surface area contributed by atoms with Crippen molar-refractivity contribution in [2.75, 3.05) is 17.2 Å². The quantitative estimate of drug-likeness (QED) is 0.784. The van der Waals surface area contributed by atoms with E-state index in [1.807, 2.05) is 6.20 Å². The van der Waals surface area contributed by atoms with E-state index >= 15 is 0 Å². The summed E-state index contributed by atoms with van der Waals surface area (Å²) in [4.78, 5) is 19.1. The number of H-pyrrole nitrogens is 1. The van der Waals surface area contributed by atoms with Gasteiger partial charge in [-0.15, -0.1) is 11.8 Å². The molecule has 0 amide bonds. The number of rotatable bonds is 2. The van der Waals surface area contributed by atoms with Crippen molar-refractivity contribution in [1.82, 2.24) is 19.9 Å². The molecule has 4 heterocycles. The van der Waals surface area contributed by atoms with E-state index in [4.69, 9.17) is 4.42 Å². The first kappa shape index (κ1) is 12.5. The molecule has 0 saturated heterocycles. The van der Waals surface area contributed by atoms with Crippen molar-refractivity contribution in [3.63, 3.8) is 0 Å². The molecule has 0 aromatic carbocycles. The van der Waals surface area contributed by atoms with E-state index in [9.17, 15) is 0 Å². The third-order valence-corrected chi connectivity index (χ3v) is 4.46. The fraction of sp³-hybridized carbons (Fsp3) is 0.214. The number of thioether (sulfide) groups is 1. The maximum atomic E-state index is 5.39. The van der Waals surface area contributed by atoms with Crippen LogP contribution in [0.2, 0.25) is 0 Å². The highest BCUT2D eigenvalue weighted by atomic mass is 32.2. The molecule has 1 aliphatic rings. The second-order valence-electron chi connectivity index (χ2n) is 4.79. The fourth-order valence-electron chi connectivity index (χ4n) is 2.45. The van der Waals surface area contributed by atoms with Crippen LogP contribution < -0.4 is 4.90 Å². The van der Waals surface area contributed by atoms with E-state index in [0.29, 0.717) is 0 Å². The third kappa shape index (κ3) is 2.09. The van der Waals surface area contributed by atoms with Crippen LogP contribution in [0.3, 0.4) is 0 Å². The molecule has 0 spiro atoms. The molecular formula is C14H13N5OS. The van der Waals surface area contributed by atoms with Crippen molar-refractivity contribution in [2.24, 2.45) is 0 Å². The first-order chi connectivity index (χ1) is 10.3. The van der Waals surface area contributed by atoms with E-state index in [0.717, 1.165) is 45.4 Å². The van der Waals surface area contributed by atoms with Gasteiger partial charge in [0.2, 0.25) is 0 Å². The molecule has 21 heavy (non-hydrogen) atoms. The van der Waals surface area contributed by atoms with E-state index < -0.39 is 0 Å². The molecule has 4 rings (SSSR count). The van der Waals surface area contributed by atoms with Crippen LogP contribution in [0.1, 0.15) is 11.3 Å². The topological polar surface area (TPSA) is 70.8 Å². The molecule has 0 bridgehead atoms. The minimum atomic E-state index is 0.792. The Bertz CT molecular complexity index is 808. The first-order valence-electron chi connectivity index (χ1n) is 6.62. The molecule has 0 radical (unpaired) electrons. The van der Waals surface area contributed by atoms with Gasteiger partial charge in [-0.2, -0.15) is 0 Å². The smallest absolute Gasteiger partial charge is 0.181 e. The highest BCUT2D eigenvalue weighted by molar-refractivity contribution is 8.08. The van der Waals surface area contributed by atoms with Crippen LogP contribution >= 0.6 is 11.8 Å². The van der Waals surface area contributed by atoms with Crippen LogP contribution in [0.4, 0.5) is 5.82 Å². The highest BCUT2D eigenvalue weighted by Gasteiger charge is 2.19. The molecule has 0 aliphatic carbocycles. The molecular weight excluding hydrogens is 286 g/mol.